The molecule has 2 aromatic carbocycles. The number of sulfone groups is 1. The summed E-state index contributed by atoms with van der Waals surface area (Å²) in [6, 6.07) is 10.5. The van der Waals surface area contributed by atoms with Crippen molar-refractivity contribution in [2.45, 2.75) is 24.1 Å². The Morgan fingerprint density at radius 2 is 1.44 bits per heavy atom. The minimum Gasteiger partial charge on any atom is -0.339 e. The van der Waals surface area contributed by atoms with Gasteiger partial charge >= 0.3 is 0 Å². The summed E-state index contributed by atoms with van der Waals surface area (Å²) in [4.78, 5) is 40.3. The first-order chi connectivity index (χ1) is 15.1. The van der Waals surface area contributed by atoms with E-state index in [2.05, 4.69) is 5.32 Å². The number of halogens is 1. The van der Waals surface area contributed by atoms with Gasteiger partial charge in [-0.15, -0.1) is 0 Å². The van der Waals surface area contributed by atoms with Crippen LogP contribution in [0.1, 0.15) is 22.8 Å². The Hall–Kier alpha value is -3.27. The summed E-state index contributed by atoms with van der Waals surface area (Å²) in [5, 5.41) is 0.447. The van der Waals surface area contributed by atoms with E-state index in [9.17, 15) is 27.2 Å². The molecule has 1 aliphatic rings. The van der Waals surface area contributed by atoms with Crippen LogP contribution in [0.4, 0.5) is 4.39 Å². The molecule has 0 saturated carbocycles. The molecule has 3 rings (SSSR count). The van der Waals surface area contributed by atoms with Gasteiger partial charge in [0, 0.05) is 38.7 Å². The molecular formula is C22H24FN3O5S. The van der Waals surface area contributed by atoms with Crippen molar-refractivity contribution in [1.82, 2.24) is 15.1 Å². The zero-order valence-electron chi connectivity index (χ0n) is 17.7. The van der Waals surface area contributed by atoms with Crippen LogP contribution in [0.3, 0.4) is 0 Å². The van der Waals surface area contributed by atoms with Gasteiger partial charge in [0.25, 0.3) is 11.8 Å². The Balaban J connectivity index is 1.90. The van der Waals surface area contributed by atoms with Gasteiger partial charge in [-0.05, 0) is 43.3 Å². The predicted octanol–water partition coefficient (Wildman–Crippen LogP) is 1.35. The highest BCUT2D eigenvalue weighted by molar-refractivity contribution is 7.92. The number of piperazine rings is 1. The van der Waals surface area contributed by atoms with E-state index in [0.717, 1.165) is 17.7 Å². The van der Waals surface area contributed by atoms with Gasteiger partial charge in [-0.2, -0.15) is 0 Å². The van der Waals surface area contributed by atoms with Crippen LogP contribution in [0, 0.1) is 12.7 Å². The van der Waals surface area contributed by atoms with Crippen molar-refractivity contribution >= 4 is 27.6 Å². The number of nitrogens with zero attached hydrogens (tertiary/aromatic N) is 2. The molecular weight excluding hydrogens is 437 g/mol. The summed E-state index contributed by atoms with van der Waals surface area (Å²) in [6.45, 7) is 4.04. The molecule has 0 spiro atoms. The SMILES string of the molecule is CC(=O)N1CCN(C(=O)C(NC(=O)c2ccc(F)cc2)S(=O)(=O)c2ccc(C)cc2)CC1. The summed E-state index contributed by atoms with van der Waals surface area (Å²) in [5.74, 6) is -2.29. The van der Waals surface area contributed by atoms with E-state index in [1.807, 2.05) is 0 Å². The van der Waals surface area contributed by atoms with Crippen LogP contribution < -0.4 is 5.32 Å². The lowest BCUT2D eigenvalue weighted by molar-refractivity contribution is -0.138. The highest BCUT2D eigenvalue weighted by atomic mass is 32.2. The highest BCUT2D eigenvalue weighted by Crippen LogP contribution is 2.19. The molecule has 1 saturated heterocycles. The lowest BCUT2D eigenvalue weighted by Crippen LogP contribution is -2.57. The quantitative estimate of drug-likeness (QED) is 0.724. The van der Waals surface area contributed by atoms with E-state index in [-0.39, 0.29) is 42.5 Å². The molecule has 0 radical (unpaired) electrons. The van der Waals surface area contributed by atoms with Crippen molar-refractivity contribution in [3.05, 3.63) is 65.5 Å². The summed E-state index contributed by atoms with van der Waals surface area (Å²) in [6.07, 6.45) is 0. The van der Waals surface area contributed by atoms with Crippen LogP contribution >= 0.6 is 0 Å². The number of hydrogen-bond donors (Lipinski definition) is 1. The van der Waals surface area contributed by atoms with Crippen molar-refractivity contribution in [2.24, 2.45) is 0 Å². The maximum absolute atomic E-state index is 13.3. The van der Waals surface area contributed by atoms with Gasteiger partial charge < -0.3 is 15.1 Å². The summed E-state index contributed by atoms with van der Waals surface area (Å²) in [7, 11) is -4.29. The molecule has 1 unspecified atom stereocenters. The van der Waals surface area contributed by atoms with Gasteiger partial charge in [0.1, 0.15) is 5.82 Å². The van der Waals surface area contributed by atoms with Crippen molar-refractivity contribution in [3.8, 4) is 0 Å². The maximum atomic E-state index is 13.3. The number of rotatable bonds is 5. The number of aryl methyl sites for hydroxylation is 1. The average Bonchev–Trinajstić information content (AvgIpc) is 2.77. The van der Waals surface area contributed by atoms with E-state index >= 15 is 0 Å². The van der Waals surface area contributed by atoms with Gasteiger partial charge in [0.05, 0.1) is 4.90 Å². The first kappa shape index (κ1) is 23.4. The minimum atomic E-state index is -4.29. The third kappa shape index (κ3) is 5.13. The first-order valence-corrected chi connectivity index (χ1v) is 11.6. The molecule has 0 aliphatic carbocycles. The smallest absolute Gasteiger partial charge is 0.261 e. The molecule has 3 amide bonds. The number of carbonyl (C=O) groups excluding carboxylic acids is 3. The van der Waals surface area contributed by atoms with E-state index < -0.39 is 32.8 Å². The molecule has 10 heteroatoms. The van der Waals surface area contributed by atoms with Crippen LogP contribution in [0.2, 0.25) is 0 Å². The molecule has 0 bridgehead atoms. The molecule has 170 valence electrons. The van der Waals surface area contributed by atoms with Gasteiger partial charge in [-0.3, -0.25) is 14.4 Å². The van der Waals surface area contributed by atoms with Crippen molar-refractivity contribution in [1.29, 1.82) is 0 Å². The van der Waals surface area contributed by atoms with Crippen molar-refractivity contribution in [2.75, 3.05) is 26.2 Å². The third-order valence-corrected chi connectivity index (χ3v) is 7.16. The molecule has 1 fully saturated rings. The normalized spacial score (nSPS) is 15.2. The Bertz CT molecular complexity index is 1110. The second-order valence-corrected chi connectivity index (χ2v) is 9.58. The number of benzene rings is 2. The van der Waals surface area contributed by atoms with Crippen molar-refractivity contribution < 1.29 is 27.2 Å². The lowest BCUT2D eigenvalue weighted by Gasteiger charge is -2.36. The van der Waals surface area contributed by atoms with E-state index in [1.165, 1.54) is 36.1 Å². The van der Waals surface area contributed by atoms with Gasteiger partial charge in [-0.25, -0.2) is 12.8 Å². The average molecular weight is 462 g/mol. The molecule has 1 aliphatic heterocycles. The molecule has 2 aromatic rings. The Morgan fingerprint density at radius 3 is 1.97 bits per heavy atom. The Labute approximate surface area is 185 Å². The Kier molecular flexibility index (Phi) is 6.93. The molecule has 1 N–H and O–H groups in total. The molecule has 1 atom stereocenters. The van der Waals surface area contributed by atoms with E-state index in [1.54, 1.807) is 24.0 Å². The van der Waals surface area contributed by atoms with Crippen LogP contribution in [0.5, 0.6) is 0 Å². The fourth-order valence-corrected chi connectivity index (χ4v) is 4.81. The molecule has 8 nitrogen and oxygen atoms in total. The van der Waals surface area contributed by atoms with E-state index in [0.29, 0.717) is 0 Å². The number of carbonyl (C=O) groups is 3. The summed E-state index contributed by atoms with van der Waals surface area (Å²) >= 11 is 0. The van der Waals surface area contributed by atoms with Gasteiger partial charge in [0.2, 0.25) is 21.1 Å². The second kappa shape index (κ2) is 9.47. The third-order valence-electron chi connectivity index (χ3n) is 5.29. The van der Waals surface area contributed by atoms with Crippen molar-refractivity contribution in [3.63, 3.8) is 0 Å². The Morgan fingerprint density at radius 1 is 0.906 bits per heavy atom. The zero-order chi connectivity index (χ0) is 23.5. The minimum absolute atomic E-state index is 0.0182. The zero-order valence-corrected chi connectivity index (χ0v) is 18.6. The van der Waals surface area contributed by atoms with Gasteiger partial charge in [0.15, 0.2) is 0 Å². The summed E-state index contributed by atoms with van der Waals surface area (Å²) in [5.41, 5.74) is 0.854. The van der Waals surface area contributed by atoms with Crippen LogP contribution in [-0.4, -0.2) is 67.5 Å². The first-order valence-electron chi connectivity index (χ1n) is 10.0. The predicted molar refractivity (Wildman–Crippen MR) is 115 cm³/mol. The topological polar surface area (TPSA) is 104 Å². The van der Waals surface area contributed by atoms with Crippen LogP contribution in [0.15, 0.2) is 53.4 Å². The fourth-order valence-electron chi connectivity index (χ4n) is 3.35. The molecule has 0 aromatic heterocycles. The number of amides is 3. The lowest BCUT2D eigenvalue weighted by atomic mass is 10.2. The largest absolute Gasteiger partial charge is 0.339 e. The maximum Gasteiger partial charge on any atom is 0.261 e. The summed E-state index contributed by atoms with van der Waals surface area (Å²) < 4.78 is 39.9. The molecule has 1 heterocycles. The number of hydrogen-bond acceptors (Lipinski definition) is 5. The highest BCUT2D eigenvalue weighted by Gasteiger charge is 2.39. The second-order valence-electron chi connectivity index (χ2n) is 7.55. The number of nitrogens with one attached hydrogen (secondary N) is 1. The van der Waals surface area contributed by atoms with E-state index in [4.69, 9.17) is 0 Å². The monoisotopic (exact) mass is 461 g/mol. The fraction of sp³-hybridized carbons (Fsp3) is 0.318. The standard InChI is InChI=1S/C22H24FN3O5S/c1-15-3-9-19(10-4-15)32(30,31)21(24-20(28)17-5-7-18(23)8-6-17)22(29)26-13-11-25(12-14-26)16(2)27/h3-10,21H,11-14H2,1-2H3,(H,24,28). The van der Waals surface area contributed by atoms with Crippen LogP contribution in [-0.2, 0) is 19.4 Å². The van der Waals surface area contributed by atoms with Crippen LogP contribution in [0.25, 0.3) is 0 Å². The van der Waals surface area contributed by atoms with Gasteiger partial charge in [-0.1, -0.05) is 17.7 Å². The molecule has 32 heavy (non-hydrogen) atoms.